The van der Waals surface area contributed by atoms with Crippen LogP contribution in [0.5, 0.6) is 0 Å². The largest absolute Gasteiger partial charge is 0.444 e. The summed E-state index contributed by atoms with van der Waals surface area (Å²) < 4.78 is 35.9. The Bertz CT molecular complexity index is 1340. The van der Waals surface area contributed by atoms with Gasteiger partial charge in [-0.25, -0.2) is 17.7 Å². The van der Waals surface area contributed by atoms with E-state index in [0.717, 1.165) is 24.0 Å². The van der Waals surface area contributed by atoms with Crippen LogP contribution in [0.25, 0.3) is 0 Å². The number of anilines is 1. The van der Waals surface area contributed by atoms with Gasteiger partial charge in [0, 0.05) is 24.0 Å². The number of carbonyl (C=O) groups excluding carboxylic acids is 2. The highest BCUT2D eigenvalue weighted by molar-refractivity contribution is 7.63. The molecule has 42 heavy (non-hydrogen) atoms. The van der Waals surface area contributed by atoms with Crippen LogP contribution in [0.1, 0.15) is 91.2 Å². The zero-order valence-corrected chi connectivity index (χ0v) is 26.3. The number of hydrogen-bond acceptors (Lipinski definition) is 5. The fourth-order valence-corrected chi connectivity index (χ4v) is 7.10. The molecule has 1 aromatic heterocycles. The second-order valence-corrected chi connectivity index (χ2v) is 14.6. The van der Waals surface area contributed by atoms with Gasteiger partial charge in [0.15, 0.2) is 0 Å². The van der Waals surface area contributed by atoms with Crippen LogP contribution < -0.4 is 5.32 Å². The first-order valence-corrected chi connectivity index (χ1v) is 15.7. The molecule has 4 atom stereocenters. The molecule has 0 bridgehead atoms. The van der Waals surface area contributed by atoms with Crippen molar-refractivity contribution in [3.05, 3.63) is 59.7 Å². The van der Waals surface area contributed by atoms with E-state index in [-0.39, 0.29) is 29.5 Å². The average molecular weight is 599 g/mol. The quantitative estimate of drug-likeness (QED) is 0.348. The maximum Gasteiger partial charge on any atom is 0.411 e. The van der Waals surface area contributed by atoms with E-state index >= 15 is 4.39 Å². The lowest BCUT2D eigenvalue weighted by atomic mass is 9.77. The molecule has 2 aromatic rings. The van der Waals surface area contributed by atoms with Gasteiger partial charge in [0.1, 0.15) is 17.5 Å². The molecule has 228 valence electrons. The third-order valence-corrected chi connectivity index (χ3v) is 9.67. The highest BCUT2D eigenvalue weighted by Gasteiger charge is 2.57. The molecule has 3 aliphatic rings. The van der Waals surface area contributed by atoms with E-state index in [9.17, 15) is 13.8 Å². The van der Waals surface area contributed by atoms with E-state index in [1.54, 1.807) is 45.3 Å². The normalized spacial score (nSPS) is 23.3. The van der Waals surface area contributed by atoms with Crippen LogP contribution in [0.3, 0.4) is 0 Å². The van der Waals surface area contributed by atoms with Crippen molar-refractivity contribution >= 4 is 29.5 Å². The SMILES string of the molecule is CC(C)(C)OC(=O)N1[C@@H](C(=O)Nc2cc([C@](CCC3CC3)(c3ccncc3)N([SH]=O)C(C)(C)C)ccc2F)C[C@H]2C[C@H]21. The van der Waals surface area contributed by atoms with Gasteiger partial charge >= 0.3 is 6.09 Å². The first-order valence-electron chi connectivity index (χ1n) is 14.9. The predicted octanol–water partition coefficient (Wildman–Crippen LogP) is 5.95. The molecule has 1 aromatic carbocycles. The maximum absolute atomic E-state index is 15.4. The summed E-state index contributed by atoms with van der Waals surface area (Å²) in [6.07, 6.45) is 8.18. The summed E-state index contributed by atoms with van der Waals surface area (Å²) in [7, 11) is 0. The lowest BCUT2D eigenvalue weighted by Crippen LogP contribution is -2.54. The van der Waals surface area contributed by atoms with E-state index in [1.165, 1.54) is 23.8 Å². The number of halogens is 1. The molecule has 2 amide bonds. The fourth-order valence-electron chi connectivity index (χ4n) is 6.38. The van der Waals surface area contributed by atoms with E-state index in [1.807, 2.05) is 37.2 Å². The number of nitrogens with zero attached hydrogens (tertiary/aromatic N) is 3. The van der Waals surface area contributed by atoms with Gasteiger partial charge < -0.3 is 10.1 Å². The number of ether oxygens (including phenoxy) is 1. The van der Waals surface area contributed by atoms with Crippen molar-refractivity contribution in [2.45, 2.75) is 109 Å². The minimum atomic E-state index is -0.877. The Balaban J connectivity index is 1.52. The number of thiol groups is 1. The molecule has 1 N–H and O–H groups in total. The molecular weight excluding hydrogens is 555 g/mol. The minimum absolute atomic E-state index is 0.0232. The molecule has 2 heterocycles. The molecule has 0 spiro atoms. The van der Waals surface area contributed by atoms with Gasteiger partial charge in [0.25, 0.3) is 0 Å². The Hall–Kier alpha value is -2.85. The topological polar surface area (TPSA) is 91.8 Å². The van der Waals surface area contributed by atoms with Crippen LogP contribution in [-0.2, 0) is 26.9 Å². The molecule has 1 saturated heterocycles. The lowest BCUT2D eigenvalue weighted by molar-refractivity contribution is -0.121. The third kappa shape index (κ3) is 6.25. The number of carbonyl (C=O) groups is 2. The van der Waals surface area contributed by atoms with Crippen LogP contribution in [0, 0.1) is 17.7 Å². The monoisotopic (exact) mass is 598 g/mol. The lowest BCUT2D eigenvalue weighted by Gasteiger charge is -2.48. The number of nitrogens with one attached hydrogen (secondary N) is 1. The van der Waals surface area contributed by atoms with Crippen LogP contribution >= 0.6 is 0 Å². The first-order chi connectivity index (χ1) is 19.7. The molecule has 5 rings (SSSR count). The number of aromatic nitrogens is 1. The number of rotatable bonds is 9. The average Bonchev–Trinajstić information content (AvgIpc) is 3.84. The molecule has 2 aliphatic carbocycles. The van der Waals surface area contributed by atoms with Crippen molar-refractivity contribution < 1.29 is 22.9 Å². The Morgan fingerprint density at radius 1 is 1.07 bits per heavy atom. The molecule has 3 fully saturated rings. The van der Waals surface area contributed by atoms with Crippen molar-refractivity contribution in [1.29, 1.82) is 0 Å². The van der Waals surface area contributed by atoms with Crippen LogP contribution in [0.2, 0.25) is 0 Å². The van der Waals surface area contributed by atoms with Gasteiger partial charge in [-0.1, -0.05) is 18.9 Å². The van der Waals surface area contributed by atoms with Crippen molar-refractivity contribution in [3.8, 4) is 0 Å². The Morgan fingerprint density at radius 2 is 1.76 bits per heavy atom. The van der Waals surface area contributed by atoms with Crippen molar-refractivity contribution in [3.63, 3.8) is 0 Å². The Morgan fingerprint density at radius 3 is 2.36 bits per heavy atom. The molecule has 2 saturated carbocycles. The third-order valence-electron chi connectivity index (χ3n) is 8.56. The van der Waals surface area contributed by atoms with E-state index in [4.69, 9.17) is 4.74 Å². The van der Waals surface area contributed by atoms with E-state index < -0.39 is 40.5 Å². The maximum atomic E-state index is 15.4. The van der Waals surface area contributed by atoms with Crippen LogP contribution in [0.15, 0.2) is 42.7 Å². The first kappa shape index (κ1) is 30.6. The van der Waals surface area contributed by atoms with E-state index in [2.05, 4.69) is 10.3 Å². The second-order valence-electron chi connectivity index (χ2n) is 14.0. The number of hydrogen-bond donors (Lipinski definition) is 2. The Kier molecular flexibility index (Phi) is 8.26. The molecule has 1 aliphatic heterocycles. The zero-order chi connectivity index (χ0) is 30.4. The number of likely N-dealkylation sites (tertiary alicyclic amines) is 1. The van der Waals surface area contributed by atoms with Gasteiger partial charge in [-0.15, -0.1) is 0 Å². The summed E-state index contributed by atoms with van der Waals surface area (Å²) >= 11 is -0.169. The summed E-state index contributed by atoms with van der Waals surface area (Å²) in [5.74, 6) is -0.163. The number of amides is 2. The smallest absolute Gasteiger partial charge is 0.411 e. The van der Waals surface area contributed by atoms with Gasteiger partial charge in [-0.3, -0.25) is 14.7 Å². The fraction of sp³-hybridized carbons (Fsp3) is 0.594. The van der Waals surface area contributed by atoms with Gasteiger partial charge in [0.2, 0.25) is 5.91 Å². The zero-order valence-electron chi connectivity index (χ0n) is 25.4. The van der Waals surface area contributed by atoms with Gasteiger partial charge in [-0.05, 0) is 114 Å². The molecule has 0 radical (unpaired) electrons. The number of benzene rings is 1. The Labute approximate surface area is 252 Å². The molecule has 0 unspecified atom stereocenters. The summed E-state index contributed by atoms with van der Waals surface area (Å²) in [5.41, 5.74) is -0.439. The molecule has 10 heteroatoms. The summed E-state index contributed by atoms with van der Waals surface area (Å²) in [6, 6.07) is 7.82. The number of piperidine rings is 1. The highest BCUT2D eigenvalue weighted by Crippen LogP contribution is 2.49. The van der Waals surface area contributed by atoms with Gasteiger partial charge in [0.05, 0.1) is 23.1 Å². The predicted molar refractivity (Wildman–Crippen MR) is 162 cm³/mol. The number of pyridine rings is 1. The number of fused-ring (bicyclic) bond motifs is 1. The van der Waals surface area contributed by atoms with Crippen LogP contribution in [-0.4, -0.2) is 53.6 Å². The van der Waals surface area contributed by atoms with Crippen molar-refractivity contribution in [2.24, 2.45) is 11.8 Å². The van der Waals surface area contributed by atoms with E-state index in [0.29, 0.717) is 18.8 Å². The highest BCUT2D eigenvalue weighted by atomic mass is 32.2. The second kappa shape index (κ2) is 11.3. The standard InChI is InChI=1S/C32H43FN4O4S/c1-30(2,3)37(42-40)32(14-11-20-7-8-20,22-12-15-34-16-13-22)23-9-10-24(33)25(19-23)35-28(38)27-18-21-17-26(21)36(27)29(39)41-31(4,5)6/h9-10,12-13,15-16,19-21,26-27,42H,7-8,11,14,17-18H2,1-6H3,(H,35,38)/t21-,26-,27-,32+/m1/s1. The van der Waals surface area contributed by atoms with Crippen molar-refractivity contribution in [1.82, 2.24) is 14.2 Å². The summed E-state index contributed by atoms with van der Waals surface area (Å²) in [4.78, 5) is 32.4. The molecule has 8 nitrogen and oxygen atoms in total. The van der Waals surface area contributed by atoms with Gasteiger partial charge in [-0.2, -0.15) is 0 Å². The minimum Gasteiger partial charge on any atom is -0.444 e. The van der Waals surface area contributed by atoms with Crippen LogP contribution in [0.4, 0.5) is 14.9 Å². The summed E-state index contributed by atoms with van der Waals surface area (Å²) in [5, 5.41) is 2.80. The summed E-state index contributed by atoms with van der Waals surface area (Å²) in [6.45, 7) is 11.4. The molecular formula is C32H43FN4O4S. The van der Waals surface area contributed by atoms with Crippen molar-refractivity contribution in [2.75, 3.05) is 5.32 Å².